The summed E-state index contributed by atoms with van der Waals surface area (Å²) in [5.74, 6) is 1.19. The van der Waals surface area contributed by atoms with Crippen molar-refractivity contribution in [2.24, 2.45) is 11.7 Å². The summed E-state index contributed by atoms with van der Waals surface area (Å²) < 4.78 is 11.0. The van der Waals surface area contributed by atoms with Gasteiger partial charge in [0.05, 0.1) is 5.92 Å². The van der Waals surface area contributed by atoms with Crippen molar-refractivity contribution in [1.82, 2.24) is 0 Å². The van der Waals surface area contributed by atoms with Crippen molar-refractivity contribution >= 4 is 11.6 Å². The van der Waals surface area contributed by atoms with Crippen molar-refractivity contribution in [1.29, 1.82) is 0 Å². The lowest BCUT2D eigenvalue weighted by molar-refractivity contribution is -0.119. The van der Waals surface area contributed by atoms with E-state index in [2.05, 4.69) is 5.32 Å². The molecule has 0 fully saturated rings. The maximum absolute atomic E-state index is 12.0. The first-order valence-corrected chi connectivity index (χ1v) is 6.56. The zero-order chi connectivity index (χ0) is 13.8. The zero-order valence-electron chi connectivity index (χ0n) is 11.4. The molecular weight excluding hydrogens is 244 g/mol. The fourth-order valence-electron chi connectivity index (χ4n) is 2.02. The number of benzene rings is 1. The van der Waals surface area contributed by atoms with Crippen LogP contribution in [0.2, 0.25) is 0 Å². The molecule has 1 atom stereocenters. The largest absolute Gasteiger partial charge is 0.486 e. The van der Waals surface area contributed by atoms with Crippen LogP contribution in [-0.2, 0) is 4.79 Å². The molecule has 1 amide bonds. The van der Waals surface area contributed by atoms with E-state index in [0.717, 1.165) is 23.4 Å². The minimum atomic E-state index is -0.160. The summed E-state index contributed by atoms with van der Waals surface area (Å²) in [6.07, 6.45) is 0.728. The van der Waals surface area contributed by atoms with Crippen LogP contribution >= 0.6 is 0 Å². The Balaban J connectivity index is 2.18. The second-order valence-electron chi connectivity index (χ2n) is 4.64. The van der Waals surface area contributed by atoms with Crippen LogP contribution in [0.3, 0.4) is 0 Å². The van der Waals surface area contributed by atoms with E-state index in [1.807, 2.05) is 26.0 Å². The first kappa shape index (κ1) is 13.7. The lowest BCUT2D eigenvalue weighted by Gasteiger charge is -2.21. The van der Waals surface area contributed by atoms with Crippen LogP contribution in [-0.4, -0.2) is 25.7 Å². The highest BCUT2D eigenvalue weighted by Gasteiger charge is 2.18. The van der Waals surface area contributed by atoms with Gasteiger partial charge in [-0.2, -0.15) is 0 Å². The molecule has 5 nitrogen and oxygen atoms in total. The van der Waals surface area contributed by atoms with E-state index < -0.39 is 0 Å². The monoisotopic (exact) mass is 264 g/mol. The van der Waals surface area contributed by atoms with E-state index in [4.69, 9.17) is 15.2 Å². The molecule has 0 bridgehead atoms. The fourth-order valence-corrected chi connectivity index (χ4v) is 2.02. The van der Waals surface area contributed by atoms with Crippen molar-refractivity contribution in [2.75, 3.05) is 25.1 Å². The third-order valence-electron chi connectivity index (χ3n) is 3.30. The Morgan fingerprint density at radius 2 is 2.00 bits per heavy atom. The number of anilines is 1. The summed E-state index contributed by atoms with van der Waals surface area (Å²) in [5, 5.41) is 2.91. The van der Waals surface area contributed by atoms with Gasteiger partial charge in [0, 0.05) is 18.3 Å². The molecule has 3 N–H and O–H groups in total. The molecule has 1 heterocycles. The van der Waals surface area contributed by atoms with Gasteiger partial charge in [0.15, 0.2) is 11.5 Å². The Hall–Kier alpha value is -1.75. The van der Waals surface area contributed by atoms with Gasteiger partial charge in [0.2, 0.25) is 5.91 Å². The maximum Gasteiger partial charge on any atom is 0.228 e. The highest BCUT2D eigenvalue weighted by Crippen LogP contribution is 2.35. The topological polar surface area (TPSA) is 73.6 Å². The van der Waals surface area contributed by atoms with Crippen LogP contribution in [0, 0.1) is 12.8 Å². The quantitative estimate of drug-likeness (QED) is 0.868. The average molecular weight is 264 g/mol. The van der Waals surface area contributed by atoms with Crippen LogP contribution in [0.25, 0.3) is 0 Å². The molecule has 1 aliphatic rings. The van der Waals surface area contributed by atoms with Crippen LogP contribution in [0.15, 0.2) is 12.1 Å². The number of fused-ring (bicyclic) bond motifs is 1. The van der Waals surface area contributed by atoms with Gasteiger partial charge in [0.25, 0.3) is 0 Å². The minimum absolute atomic E-state index is 0.0511. The van der Waals surface area contributed by atoms with E-state index in [1.54, 1.807) is 0 Å². The van der Waals surface area contributed by atoms with Crippen molar-refractivity contribution in [3.63, 3.8) is 0 Å². The number of hydrogen-bond acceptors (Lipinski definition) is 4. The molecule has 1 aromatic carbocycles. The molecule has 0 radical (unpaired) electrons. The predicted molar refractivity (Wildman–Crippen MR) is 73.6 cm³/mol. The summed E-state index contributed by atoms with van der Waals surface area (Å²) in [5.41, 5.74) is 7.28. The van der Waals surface area contributed by atoms with Gasteiger partial charge >= 0.3 is 0 Å². The van der Waals surface area contributed by atoms with Gasteiger partial charge in [-0.3, -0.25) is 4.79 Å². The summed E-state index contributed by atoms with van der Waals surface area (Å²) in [6.45, 7) is 5.32. The van der Waals surface area contributed by atoms with Crippen LogP contribution in [0.5, 0.6) is 11.5 Å². The molecule has 1 aliphatic heterocycles. The Labute approximate surface area is 113 Å². The fraction of sp³-hybridized carbons (Fsp3) is 0.500. The van der Waals surface area contributed by atoms with Gasteiger partial charge in [-0.25, -0.2) is 0 Å². The SMILES string of the molecule is CCC(CN)C(=O)Nc1cc2c(cc1C)OCCO2. The van der Waals surface area contributed by atoms with E-state index in [9.17, 15) is 4.79 Å². The number of aryl methyl sites for hydroxylation is 1. The maximum atomic E-state index is 12.0. The van der Waals surface area contributed by atoms with Crippen molar-refractivity contribution in [3.8, 4) is 11.5 Å². The van der Waals surface area contributed by atoms with E-state index in [1.165, 1.54) is 0 Å². The molecular formula is C14H20N2O3. The van der Waals surface area contributed by atoms with Gasteiger partial charge in [-0.1, -0.05) is 6.92 Å². The summed E-state index contributed by atoms with van der Waals surface area (Å²) >= 11 is 0. The molecule has 2 rings (SSSR count). The molecule has 0 aromatic heterocycles. The molecule has 104 valence electrons. The molecule has 19 heavy (non-hydrogen) atoms. The number of carbonyl (C=O) groups excluding carboxylic acids is 1. The van der Waals surface area contributed by atoms with Crippen LogP contribution in [0.4, 0.5) is 5.69 Å². The average Bonchev–Trinajstić information content (AvgIpc) is 2.41. The first-order chi connectivity index (χ1) is 9.15. The molecule has 0 saturated heterocycles. The van der Waals surface area contributed by atoms with E-state index >= 15 is 0 Å². The second-order valence-corrected chi connectivity index (χ2v) is 4.64. The van der Waals surface area contributed by atoms with Gasteiger partial charge in [-0.15, -0.1) is 0 Å². The molecule has 0 saturated carbocycles. The number of hydrogen-bond donors (Lipinski definition) is 2. The van der Waals surface area contributed by atoms with Crippen LogP contribution in [0.1, 0.15) is 18.9 Å². The first-order valence-electron chi connectivity index (χ1n) is 6.56. The van der Waals surface area contributed by atoms with E-state index in [0.29, 0.717) is 25.5 Å². The molecule has 0 spiro atoms. The van der Waals surface area contributed by atoms with Gasteiger partial charge in [-0.05, 0) is 25.0 Å². The summed E-state index contributed by atoms with van der Waals surface area (Å²) in [7, 11) is 0. The second kappa shape index (κ2) is 5.93. The summed E-state index contributed by atoms with van der Waals surface area (Å²) in [4.78, 5) is 12.0. The molecule has 5 heteroatoms. The van der Waals surface area contributed by atoms with Crippen molar-refractivity contribution in [3.05, 3.63) is 17.7 Å². The summed E-state index contributed by atoms with van der Waals surface area (Å²) in [6, 6.07) is 3.69. The van der Waals surface area contributed by atoms with Gasteiger partial charge < -0.3 is 20.5 Å². The Morgan fingerprint density at radius 3 is 2.58 bits per heavy atom. The van der Waals surface area contributed by atoms with Gasteiger partial charge in [0.1, 0.15) is 13.2 Å². The van der Waals surface area contributed by atoms with Crippen molar-refractivity contribution < 1.29 is 14.3 Å². The highest BCUT2D eigenvalue weighted by molar-refractivity contribution is 5.93. The minimum Gasteiger partial charge on any atom is -0.486 e. The number of carbonyl (C=O) groups is 1. The molecule has 1 unspecified atom stereocenters. The Kier molecular flexibility index (Phi) is 4.27. The third-order valence-corrected chi connectivity index (χ3v) is 3.30. The third kappa shape index (κ3) is 2.98. The molecule has 0 aliphatic carbocycles. The number of ether oxygens (including phenoxy) is 2. The lowest BCUT2D eigenvalue weighted by atomic mass is 10.1. The normalized spacial score (nSPS) is 14.9. The molecule has 1 aromatic rings. The smallest absolute Gasteiger partial charge is 0.228 e. The highest BCUT2D eigenvalue weighted by atomic mass is 16.6. The lowest BCUT2D eigenvalue weighted by Crippen LogP contribution is -2.29. The van der Waals surface area contributed by atoms with E-state index in [-0.39, 0.29) is 11.8 Å². The zero-order valence-corrected chi connectivity index (χ0v) is 11.4. The Morgan fingerprint density at radius 1 is 1.37 bits per heavy atom. The number of rotatable bonds is 4. The standard InChI is InChI=1S/C14H20N2O3/c1-3-10(8-15)14(17)16-11-7-13-12(6-9(11)2)18-4-5-19-13/h6-7,10H,3-5,8,15H2,1-2H3,(H,16,17). The number of amides is 1. The van der Waals surface area contributed by atoms with Crippen LogP contribution < -0.4 is 20.5 Å². The number of nitrogens with one attached hydrogen (secondary N) is 1. The Bertz CT molecular complexity index is 470. The predicted octanol–water partition coefficient (Wildman–Crippen LogP) is 1.69. The number of nitrogens with two attached hydrogens (primary N) is 1. The van der Waals surface area contributed by atoms with Crippen molar-refractivity contribution in [2.45, 2.75) is 20.3 Å².